The number of hydrogen-bond donors (Lipinski definition) is 2. The molecule has 4 rings (SSSR count). The van der Waals surface area contributed by atoms with Gasteiger partial charge in [-0.2, -0.15) is 0 Å². The number of halogens is 1. The summed E-state index contributed by atoms with van der Waals surface area (Å²) >= 11 is 6.05. The molecule has 186 valence electrons. The van der Waals surface area contributed by atoms with Crippen molar-refractivity contribution < 1.29 is 14.4 Å². The van der Waals surface area contributed by atoms with Gasteiger partial charge in [0.25, 0.3) is 5.91 Å². The van der Waals surface area contributed by atoms with E-state index in [0.29, 0.717) is 42.3 Å². The fourth-order valence-electron chi connectivity index (χ4n) is 5.36. The maximum absolute atomic E-state index is 13.3. The first-order valence-electron chi connectivity index (χ1n) is 12.3. The van der Waals surface area contributed by atoms with Gasteiger partial charge in [0.15, 0.2) is 0 Å². The summed E-state index contributed by atoms with van der Waals surface area (Å²) in [6.45, 7) is 4.55. The number of hydrogen-bond acceptors (Lipinski definition) is 4. The maximum atomic E-state index is 13.3. The minimum atomic E-state index is -0.844. The number of amides is 3. The molecule has 35 heavy (non-hydrogen) atoms. The molecule has 3 N–H and O–H groups in total. The van der Waals surface area contributed by atoms with E-state index in [-0.39, 0.29) is 23.8 Å². The van der Waals surface area contributed by atoms with Crippen LogP contribution in [0, 0.1) is 12.8 Å². The summed E-state index contributed by atoms with van der Waals surface area (Å²) in [4.78, 5) is 42.7. The molecule has 0 aromatic heterocycles. The van der Waals surface area contributed by atoms with Crippen molar-refractivity contribution in [3.63, 3.8) is 0 Å². The first kappa shape index (κ1) is 25.2. The van der Waals surface area contributed by atoms with Gasteiger partial charge in [-0.25, -0.2) is 0 Å². The summed E-state index contributed by atoms with van der Waals surface area (Å²) in [5.41, 5.74) is 7.86. The monoisotopic (exact) mass is 496 g/mol. The van der Waals surface area contributed by atoms with E-state index in [2.05, 4.69) is 10.2 Å². The van der Waals surface area contributed by atoms with Gasteiger partial charge < -0.3 is 16.0 Å². The highest BCUT2D eigenvalue weighted by atomic mass is 35.5. The highest BCUT2D eigenvalue weighted by Gasteiger charge is 2.38. The molecule has 1 saturated carbocycles. The van der Waals surface area contributed by atoms with E-state index in [4.69, 9.17) is 17.3 Å². The summed E-state index contributed by atoms with van der Waals surface area (Å²) in [5.74, 6) is -0.891. The summed E-state index contributed by atoms with van der Waals surface area (Å²) in [7, 11) is 0. The maximum Gasteiger partial charge on any atom is 0.254 e. The smallest absolute Gasteiger partial charge is 0.254 e. The summed E-state index contributed by atoms with van der Waals surface area (Å²) in [5, 5.41) is 3.54. The van der Waals surface area contributed by atoms with E-state index in [9.17, 15) is 14.4 Å². The zero-order valence-corrected chi connectivity index (χ0v) is 20.8. The molecule has 0 unspecified atom stereocenters. The zero-order chi connectivity index (χ0) is 24.9. The van der Waals surface area contributed by atoms with E-state index in [1.165, 1.54) is 0 Å². The molecule has 8 heteroatoms. The van der Waals surface area contributed by atoms with Crippen LogP contribution in [0.2, 0.25) is 5.02 Å². The molecular formula is C27H33ClN4O3. The molecule has 1 heterocycles. The molecule has 7 nitrogen and oxygen atoms in total. The average molecular weight is 497 g/mol. The summed E-state index contributed by atoms with van der Waals surface area (Å²) < 4.78 is 0. The van der Waals surface area contributed by atoms with E-state index >= 15 is 0 Å². The minimum absolute atomic E-state index is 0.0175. The Morgan fingerprint density at radius 3 is 2.34 bits per heavy atom. The Morgan fingerprint density at radius 2 is 1.69 bits per heavy atom. The quantitative estimate of drug-likeness (QED) is 0.641. The molecule has 2 aromatic rings. The number of aryl methyl sites for hydroxylation is 1. The van der Waals surface area contributed by atoms with E-state index in [0.717, 1.165) is 31.2 Å². The molecule has 3 amide bonds. The van der Waals surface area contributed by atoms with Crippen molar-refractivity contribution in [2.75, 3.05) is 26.2 Å². The predicted octanol–water partition coefficient (Wildman–Crippen LogP) is 3.31. The molecule has 0 spiro atoms. The van der Waals surface area contributed by atoms with Gasteiger partial charge in [0.2, 0.25) is 11.8 Å². The predicted molar refractivity (Wildman–Crippen MR) is 136 cm³/mol. The molecule has 2 fully saturated rings. The van der Waals surface area contributed by atoms with Crippen molar-refractivity contribution in [3.8, 4) is 0 Å². The van der Waals surface area contributed by atoms with Crippen molar-refractivity contribution in [2.45, 2.75) is 44.7 Å². The minimum Gasteiger partial charge on any atom is -0.368 e. The SMILES string of the molecule is Cc1cc(Cl)ccc1C(=O)N1CCN([C@@H]2CCCC[C@H]2C(=O)N[C@H](C(N)=O)c2ccccc2)CC1. The van der Waals surface area contributed by atoms with Gasteiger partial charge >= 0.3 is 0 Å². The number of nitrogens with two attached hydrogens (primary N) is 1. The van der Waals surface area contributed by atoms with Crippen LogP contribution in [0.5, 0.6) is 0 Å². The highest BCUT2D eigenvalue weighted by Crippen LogP contribution is 2.30. The second-order valence-corrected chi connectivity index (χ2v) is 9.94. The number of carbonyl (C=O) groups excluding carboxylic acids is 3. The Morgan fingerprint density at radius 1 is 1.00 bits per heavy atom. The van der Waals surface area contributed by atoms with Crippen LogP contribution in [-0.4, -0.2) is 59.7 Å². The van der Waals surface area contributed by atoms with Gasteiger partial charge in [0.05, 0.1) is 5.92 Å². The molecule has 2 aromatic carbocycles. The van der Waals surface area contributed by atoms with Gasteiger partial charge in [-0.15, -0.1) is 0 Å². The molecule has 1 aliphatic heterocycles. The third-order valence-corrected chi connectivity index (χ3v) is 7.49. The fraction of sp³-hybridized carbons (Fsp3) is 0.444. The second-order valence-electron chi connectivity index (χ2n) is 9.50. The Labute approximate surface area is 211 Å². The first-order valence-corrected chi connectivity index (χ1v) is 12.7. The van der Waals surface area contributed by atoms with E-state index < -0.39 is 11.9 Å². The summed E-state index contributed by atoms with van der Waals surface area (Å²) in [6, 6.07) is 13.7. The molecule has 3 atom stereocenters. The summed E-state index contributed by atoms with van der Waals surface area (Å²) in [6.07, 6.45) is 3.75. The lowest BCUT2D eigenvalue weighted by molar-refractivity contribution is -0.133. The van der Waals surface area contributed by atoms with Crippen molar-refractivity contribution >= 4 is 29.3 Å². The first-order chi connectivity index (χ1) is 16.8. The lowest BCUT2D eigenvalue weighted by Crippen LogP contribution is -2.56. The van der Waals surface area contributed by atoms with Gasteiger partial charge in [0.1, 0.15) is 6.04 Å². The van der Waals surface area contributed by atoms with Crippen LogP contribution < -0.4 is 11.1 Å². The van der Waals surface area contributed by atoms with Crippen molar-refractivity contribution in [1.29, 1.82) is 0 Å². The largest absolute Gasteiger partial charge is 0.368 e. The van der Waals surface area contributed by atoms with Crippen molar-refractivity contribution in [1.82, 2.24) is 15.1 Å². The highest BCUT2D eigenvalue weighted by molar-refractivity contribution is 6.30. The van der Waals surface area contributed by atoms with Crippen LogP contribution >= 0.6 is 11.6 Å². The number of carbonyl (C=O) groups is 3. The van der Waals surface area contributed by atoms with Gasteiger partial charge in [-0.05, 0) is 49.1 Å². The third kappa shape index (κ3) is 5.85. The molecule has 0 radical (unpaired) electrons. The van der Waals surface area contributed by atoms with E-state index in [1.54, 1.807) is 24.3 Å². The second kappa shape index (κ2) is 11.2. The number of rotatable bonds is 6. The molecule has 0 bridgehead atoms. The molecule has 1 aliphatic carbocycles. The Kier molecular flexibility index (Phi) is 8.08. The normalized spacial score (nSPS) is 21.8. The van der Waals surface area contributed by atoms with Crippen molar-refractivity contribution in [2.24, 2.45) is 11.7 Å². The van der Waals surface area contributed by atoms with Gasteiger partial charge in [-0.3, -0.25) is 19.3 Å². The number of piperazine rings is 1. The van der Waals surface area contributed by atoms with E-state index in [1.807, 2.05) is 36.1 Å². The van der Waals surface area contributed by atoms with Crippen LogP contribution in [0.4, 0.5) is 0 Å². The Bertz CT molecular complexity index is 1070. The van der Waals surface area contributed by atoms with Crippen molar-refractivity contribution in [3.05, 3.63) is 70.2 Å². The molecule has 2 aliphatic rings. The van der Waals surface area contributed by atoms with Crippen LogP contribution in [0.3, 0.4) is 0 Å². The number of benzene rings is 2. The van der Waals surface area contributed by atoms with Crippen LogP contribution in [0.25, 0.3) is 0 Å². The number of nitrogens with zero attached hydrogens (tertiary/aromatic N) is 2. The zero-order valence-electron chi connectivity index (χ0n) is 20.1. The van der Waals surface area contributed by atoms with Crippen LogP contribution in [-0.2, 0) is 9.59 Å². The number of primary amides is 1. The Balaban J connectivity index is 1.40. The molecular weight excluding hydrogens is 464 g/mol. The lowest BCUT2D eigenvalue weighted by Gasteiger charge is -2.44. The standard InChI is InChI=1S/C27H33ClN4O3/c1-18-17-20(28)11-12-21(18)27(35)32-15-13-31(14-16-32)23-10-6-5-9-22(23)26(34)30-24(25(29)33)19-7-3-2-4-8-19/h2-4,7-8,11-12,17,22-24H,5-6,9-10,13-16H2,1H3,(H2,29,33)(H,30,34)/t22-,23-,24+/m1/s1. The fourth-order valence-corrected chi connectivity index (χ4v) is 5.59. The number of nitrogens with one attached hydrogen (secondary N) is 1. The lowest BCUT2D eigenvalue weighted by atomic mass is 9.82. The molecule has 1 saturated heterocycles. The van der Waals surface area contributed by atoms with Gasteiger partial charge in [0, 0.05) is 42.8 Å². The van der Waals surface area contributed by atoms with Gasteiger partial charge in [-0.1, -0.05) is 54.8 Å². The average Bonchev–Trinajstić information content (AvgIpc) is 2.87. The Hall–Kier alpha value is -2.90. The topological polar surface area (TPSA) is 95.7 Å². The van der Waals surface area contributed by atoms with Crippen LogP contribution in [0.1, 0.15) is 53.2 Å². The van der Waals surface area contributed by atoms with Crippen LogP contribution in [0.15, 0.2) is 48.5 Å². The third-order valence-electron chi connectivity index (χ3n) is 7.26.